The molecular weight excluding hydrogens is 354 g/mol. The quantitative estimate of drug-likeness (QED) is 0.518. The summed E-state index contributed by atoms with van der Waals surface area (Å²) in [5, 5.41) is 0. The molecule has 0 aliphatic carbocycles. The predicted molar refractivity (Wildman–Crippen MR) is 63.4 cm³/mol. The molecule has 0 unspecified atom stereocenters. The molecule has 0 radical (unpaired) electrons. The first kappa shape index (κ1) is 17.0. The summed E-state index contributed by atoms with van der Waals surface area (Å²) in [5.41, 5.74) is -1.28. The van der Waals surface area contributed by atoms with Crippen molar-refractivity contribution in [1.82, 2.24) is 0 Å². The molecule has 0 spiro atoms. The molecule has 0 aromatic heterocycles. The SMILES string of the molecule is O=C(CCCC(F)(F)F)c1cc(C(F)(F)F)ccc1Br. The van der Waals surface area contributed by atoms with Crippen molar-refractivity contribution in [3.05, 3.63) is 33.8 Å². The average Bonchev–Trinajstić information content (AvgIpc) is 2.25. The van der Waals surface area contributed by atoms with Crippen LogP contribution in [0.2, 0.25) is 0 Å². The van der Waals surface area contributed by atoms with E-state index >= 15 is 0 Å². The minimum absolute atomic E-state index is 0.127. The van der Waals surface area contributed by atoms with Crippen LogP contribution in [0.3, 0.4) is 0 Å². The Labute approximate surface area is 119 Å². The highest BCUT2D eigenvalue weighted by Gasteiger charge is 2.32. The maximum atomic E-state index is 12.5. The maximum absolute atomic E-state index is 12.5. The first-order valence-electron chi connectivity index (χ1n) is 5.47. The molecule has 1 aromatic carbocycles. The Kier molecular flexibility index (Phi) is 5.23. The monoisotopic (exact) mass is 362 g/mol. The number of hydrogen-bond acceptors (Lipinski definition) is 1. The zero-order chi connectivity index (χ0) is 15.6. The Morgan fingerprint density at radius 1 is 1.10 bits per heavy atom. The van der Waals surface area contributed by atoms with E-state index in [-0.39, 0.29) is 10.0 Å². The zero-order valence-corrected chi connectivity index (χ0v) is 11.5. The number of hydrogen-bond donors (Lipinski definition) is 0. The second kappa shape index (κ2) is 6.15. The van der Waals surface area contributed by atoms with E-state index in [1.807, 2.05) is 0 Å². The molecule has 0 atom stereocenters. The van der Waals surface area contributed by atoms with Crippen molar-refractivity contribution in [2.75, 3.05) is 0 Å². The van der Waals surface area contributed by atoms with Gasteiger partial charge >= 0.3 is 12.4 Å². The van der Waals surface area contributed by atoms with Gasteiger partial charge in [0.25, 0.3) is 0 Å². The number of halogens is 7. The van der Waals surface area contributed by atoms with Crippen molar-refractivity contribution in [3.8, 4) is 0 Å². The second-order valence-electron chi connectivity index (χ2n) is 4.08. The lowest BCUT2D eigenvalue weighted by molar-refractivity contribution is -0.137. The second-order valence-corrected chi connectivity index (χ2v) is 4.94. The highest BCUT2D eigenvalue weighted by atomic mass is 79.9. The minimum Gasteiger partial charge on any atom is -0.294 e. The summed E-state index contributed by atoms with van der Waals surface area (Å²) in [5.74, 6) is -0.757. The van der Waals surface area contributed by atoms with Gasteiger partial charge in [-0.2, -0.15) is 26.3 Å². The molecule has 112 valence electrons. The van der Waals surface area contributed by atoms with Gasteiger partial charge in [0.2, 0.25) is 0 Å². The van der Waals surface area contributed by atoms with E-state index in [1.54, 1.807) is 0 Å². The first-order valence-corrected chi connectivity index (χ1v) is 6.27. The van der Waals surface area contributed by atoms with Gasteiger partial charge in [-0.3, -0.25) is 4.79 Å². The van der Waals surface area contributed by atoms with Crippen molar-refractivity contribution < 1.29 is 31.1 Å². The molecule has 0 aliphatic rings. The third kappa shape index (κ3) is 5.15. The van der Waals surface area contributed by atoms with Crippen LogP contribution in [0.5, 0.6) is 0 Å². The van der Waals surface area contributed by atoms with E-state index in [4.69, 9.17) is 0 Å². The van der Waals surface area contributed by atoms with Crippen molar-refractivity contribution in [2.45, 2.75) is 31.6 Å². The third-order valence-electron chi connectivity index (χ3n) is 2.46. The Morgan fingerprint density at radius 3 is 2.20 bits per heavy atom. The minimum atomic E-state index is -4.61. The van der Waals surface area contributed by atoms with Gasteiger partial charge in [-0.25, -0.2) is 0 Å². The number of carbonyl (C=O) groups excluding carboxylic acids is 1. The molecular formula is C12H9BrF6O. The fraction of sp³-hybridized carbons (Fsp3) is 0.417. The fourth-order valence-electron chi connectivity index (χ4n) is 1.50. The Balaban J connectivity index is 2.82. The van der Waals surface area contributed by atoms with Gasteiger partial charge in [0.15, 0.2) is 5.78 Å². The molecule has 1 rings (SSSR count). The number of alkyl halides is 6. The largest absolute Gasteiger partial charge is 0.416 e. The highest BCUT2D eigenvalue weighted by Crippen LogP contribution is 2.32. The zero-order valence-electron chi connectivity index (χ0n) is 9.91. The van der Waals surface area contributed by atoms with E-state index in [0.29, 0.717) is 6.07 Å². The molecule has 0 heterocycles. The van der Waals surface area contributed by atoms with Gasteiger partial charge in [0.05, 0.1) is 5.56 Å². The predicted octanol–water partition coefficient (Wildman–Crippen LogP) is 5.38. The summed E-state index contributed by atoms with van der Waals surface area (Å²) in [4.78, 5) is 11.7. The lowest BCUT2D eigenvalue weighted by Gasteiger charge is -2.10. The smallest absolute Gasteiger partial charge is 0.294 e. The van der Waals surface area contributed by atoms with Crippen LogP contribution in [0.4, 0.5) is 26.3 Å². The summed E-state index contributed by atoms with van der Waals surface area (Å²) < 4.78 is 73.4. The molecule has 1 aromatic rings. The number of ketones is 1. The van der Waals surface area contributed by atoms with Crippen molar-refractivity contribution in [1.29, 1.82) is 0 Å². The third-order valence-corrected chi connectivity index (χ3v) is 3.15. The Bertz CT molecular complexity index is 492. The molecule has 1 nitrogen and oxygen atoms in total. The van der Waals surface area contributed by atoms with Crippen LogP contribution in [-0.2, 0) is 6.18 Å². The van der Waals surface area contributed by atoms with Gasteiger partial charge in [-0.15, -0.1) is 0 Å². The Morgan fingerprint density at radius 2 is 1.70 bits per heavy atom. The van der Waals surface area contributed by atoms with Gasteiger partial charge in [-0.05, 0) is 24.6 Å². The molecule has 0 N–H and O–H groups in total. The van der Waals surface area contributed by atoms with Crippen LogP contribution in [0.25, 0.3) is 0 Å². The van der Waals surface area contributed by atoms with Crippen LogP contribution in [0.15, 0.2) is 22.7 Å². The molecule has 20 heavy (non-hydrogen) atoms. The molecule has 8 heteroatoms. The normalized spacial score (nSPS) is 12.6. The van der Waals surface area contributed by atoms with Crippen molar-refractivity contribution in [2.24, 2.45) is 0 Å². The topological polar surface area (TPSA) is 17.1 Å². The van der Waals surface area contributed by atoms with E-state index in [9.17, 15) is 31.1 Å². The molecule has 0 saturated heterocycles. The summed E-state index contributed by atoms with van der Waals surface area (Å²) in [6.45, 7) is 0. The first-order chi connectivity index (χ1) is 9.00. The highest BCUT2D eigenvalue weighted by molar-refractivity contribution is 9.10. The summed E-state index contributed by atoms with van der Waals surface area (Å²) in [7, 11) is 0. The van der Waals surface area contributed by atoms with E-state index in [2.05, 4.69) is 15.9 Å². The van der Waals surface area contributed by atoms with Crippen LogP contribution >= 0.6 is 15.9 Å². The van der Waals surface area contributed by atoms with Crippen LogP contribution < -0.4 is 0 Å². The summed E-state index contributed by atoms with van der Waals surface area (Å²) in [6, 6.07) is 2.48. The number of carbonyl (C=O) groups is 1. The molecule has 0 amide bonds. The maximum Gasteiger partial charge on any atom is 0.416 e. The van der Waals surface area contributed by atoms with Crippen LogP contribution in [-0.4, -0.2) is 12.0 Å². The lowest BCUT2D eigenvalue weighted by atomic mass is 10.0. The molecule has 0 aliphatic heterocycles. The Hall–Kier alpha value is -1.05. The molecule has 0 fully saturated rings. The number of rotatable bonds is 4. The van der Waals surface area contributed by atoms with Gasteiger partial charge in [0.1, 0.15) is 0 Å². The van der Waals surface area contributed by atoms with E-state index < -0.39 is 43.0 Å². The number of benzene rings is 1. The van der Waals surface area contributed by atoms with E-state index in [0.717, 1.165) is 12.1 Å². The summed E-state index contributed by atoms with van der Waals surface area (Å²) in [6.07, 6.45) is -11.0. The van der Waals surface area contributed by atoms with Gasteiger partial charge < -0.3 is 0 Å². The summed E-state index contributed by atoms with van der Waals surface area (Å²) >= 11 is 2.92. The van der Waals surface area contributed by atoms with Gasteiger partial charge in [0, 0.05) is 22.9 Å². The van der Waals surface area contributed by atoms with E-state index in [1.165, 1.54) is 0 Å². The lowest BCUT2D eigenvalue weighted by Crippen LogP contribution is -2.10. The molecule has 0 saturated carbocycles. The van der Waals surface area contributed by atoms with Crippen LogP contribution in [0.1, 0.15) is 35.2 Å². The van der Waals surface area contributed by atoms with Crippen molar-refractivity contribution >= 4 is 21.7 Å². The van der Waals surface area contributed by atoms with Crippen molar-refractivity contribution in [3.63, 3.8) is 0 Å². The number of Topliss-reactive ketones (excluding diaryl/α,β-unsaturated/α-hetero) is 1. The fourth-order valence-corrected chi connectivity index (χ4v) is 1.97. The standard InChI is InChI=1S/C12H9BrF6O/c13-9-4-3-7(12(17,18)19)6-8(9)10(20)2-1-5-11(14,15)16/h3-4,6H,1-2,5H2. The average molecular weight is 363 g/mol. The molecule has 0 bridgehead atoms. The van der Waals surface area contributed by atoms with Crippen LogP contribution in [0, 0.1) is 0 Å². The van der Waals surface area contributed by atoms with Gasteiger partial charge in [-0.1, -0.05) is 15.9 Å².